The number of hydrogen-bond acceptors (Lipinski definition) is 3. The third-order valence-electron chi connectivity index (χ3n) is 2.38. The van der Waals surface area contributed by atoms with Gasteiger partial charge in [-0.25, -0.2) is 4.98 Å². The molecule has 0 unspecified atom stereocenters. The lowest BCUT2D eigenvalue weighted by atomic mass is 10.1. The maximum Gasteiger partial charge on any atom is 0.107 e. The van der Waals surface area contributed by atoms with E-state index in [9.17, 15) is 0 Å². The van der Waals surface area contributed by atoms with Crippen molar-refractivity contribution < 1.29 is 0 Å². The number of nitrogens with one attached hydrogen (secondary N) is 1. The van der Waals surface area contributed by atoms with E-state index in [1.165, 1.54) is 10.4 Å². The maximum absolute atomic E-state index is 4.45. The summed E-state index contributed by atoms with van der Waals surface area (Å²) in [6.07, 6.45) is 1.96. The zero-order valence-electron chi connectivity index (χ0n) is 10.5. The van der Waals surface area contributed by atoms with Crippen molar-refractivity contribution in [3.63, 3.8) is 0 Å². The molecular formula is C14H18N2S. The summed E-state index contributed by atoms with van der Waals surface area (Å²) in [5.74, 6) is 0. The van der Waals surface area contributed by atoms with Crippen LogP contribution >= 0.6 is 11.3 Å². The molecule has 1 aromatic carbocycles. The van der Waals surface area contributed by atoms with Gasteiger partial charge in [0.1, 0.15) is 5.01 Å². The molecule has 0 saturated carbocycles. The summed E-state index contributed by atoms with van der Waals surface area (Å²) in [5.41, 5.74) is 1.38. The van der Waals surface area contributed by atoms with E-state index in [-0.39, 0.29) is 5.54 Å². The fraction of sp³-hybridized carbons (Fsp3) is 0.357. The first kappa shape index (κ1) is 12.3. The van der Waals surface area contributed by atoms with Gasteiger partial charge in [0.25, 0.3) is 0 Å². The van der Waals surface area contributed by atoms with Crippen LogP contribution in [0.5, 0.6) is 0 Å². The van der Waals surface area contributed by atoms with E-state index in [1.807, 2.05) is 12.3 Å². The molecule has 1 N–H and O–H groups in total. The molecule has 2 aromatic rings. The molecule has 0 aliphatic rings. The van der Waals surface area contributed by atoms with Gasteiger partial charge in [0.05, 0.1) is 4.88 Å². The van der Waals surface area contributed by atoms with Gasteiger partial charge in [0.15, 0.2) is 0 Å². The maximum atomic E-state index is 4.45. The van der Waals surface area contributed by atoms with Crippen LogP contribution in [0, 0.1) is 0 Å². The fourth-order valence-corrected chi connectivity index (χ4v) is 2.33. The Balaban J connectivity index is 2.07. The largest absolute Gasteiger partial charge is 0.306 e. The average Bonchev–Trinajstić information content (AvgIpc) is 2.75. The molecule has 2 rings (SSSR count). The van der Waals surface area contributed by atoms with Crippen LogP contribution in [0.2, 0.25) is 0 Å². The number of aromatic nitrogens is 1. The molecule has 0 fully saturated rings. The van der Waals surface area contributed by atoms with Gasteiger partial charge in [-0.05, 0) is 26.3 Å². The summed E-state index contributed by atoms with van der Waals surface area (Å²) in [7, 11) is 0. The number of rotatable bonds is 3. The summed E-state index contributed by atoms with van der Waals surface area (Å²) in [6.45, 7) is 7.33. The first-order valence-electron chi connectivity index (χ1n) is 5.80. The first-order valence-corrected chi connectivity index (χ1v) is 6.61. The van der Waals surface area contributed by atoms with Crippen LogP contribution in [0.1, 0.15) is 25.8 Å². The molecule has 0 amide bonds. The summed E-state index contributed by atoms with van der Waals surface area (Å²) >= 11 is 1.75. The number of nitrogens with zero attached hydrogens (tertiary/aromatic N) is 1. The molecule has 0 aliphatic carbocycles. The van der Waals surface area contributed by atoms with E-state index in [2.05, 4.69) is 55.3 Å². The number of hydrogen-bond donors (Lipinski definition) is 1. The van der Waals surface area contributed by atoms with Crippen LogP contribution in [-0.2, 0) is 6.54 Å². The highest BCUT2D eigenvalue weighted by atomic mass is 32.1. The lowest BCUT2D eigenvalue weighted by Gasteiger charge is -2.19. The molecule has 17 heavy (non-hydrogen) atoms. The lowest BCUT2D eigenvalue weighted by molar-refractivity contribution is 0.424. The standard InChI is InChI=1S/C14H18N2S/c1-14(2,3)16-10-13-15-9-12(17-13)11-7-5-4-6-8-11/h4-9,16H,10H2,1-3H3. The van der Waals surface area contributed by atoms with Crippen molar-refractivity contribution in [1.29, 1.82) is 0 Å². The van der Waals surface area contributed by atoms with Crippen molar-refractivity contribution in [3.8, 4) is 10.4 Å². The summed E-state index contributed by atoms with van der Waals surface area (Å²) in [6, 6.07) is 10.4. The highest BCUT2D eigenvalue weighted by molar-refractivity contribution is 7.15. The third kappa shape index (κ3) is 3.65. The van der Waals surface area contributed by atoms with Gasteiger partial charge < -0.3 is 5.32 Å². The van der Waals surface area contributed by atoms with E-state index in [0.717, 1.165) is 11.6 Å². The van der Waals surface area contributed by atoms with Crippen LogP contribution < -0.4 is 5.32 Å². The minimum Gasteiger partial charge on any atom is -0.306 e. The number of benzene rings is 1. The number of thiazole rings is 1. The molecule has 90 valence electrons. The molecule has 0 spiro atoms. The second-order valence-electron chi connectivity index (χ2n) is 5.09. The van der Waals surface area contributed by atoms with Gasteiger partial charge in [0, 0.05) is 18.3 Å². The van der Waals surface area contributed by atoms with Gasteiger partial charge >= 0.3 is 0 Å². The molecule has 1 aromatic heterocycles. The Morgan fingerprint density at radius 2 is 1.88 bits per heavy atom. The van der Waals surface area contributed by atoms with Crippen LogP contribution in [0.25, 0.3) is 10.4 Å². The minimum absolute atomic E-state index is 0.137. The molecule has 0 saturated heterocycles. The summed E-state index contributed by atoms with van der Waals surface area (Å²) in [5, 5.41) is 4.59. The predicted molar refractivity (Wildman–Crippen MR) is 74.1 cm³/mol. The van der Waals surface area contributed by atoms with Crippen molar-refractivity contribution in [1.82, 2.24) is 10.3 Å². The lowest BCUT2D eigenvalue weighted by Crippen LogP contribution is -2.34. The molecule has 2 nitrogen and oxygen atoms in total. The minimum atomic E-state index is 0.137. The second-order valence-corrected chi connectivity index (χ2v) is 6.20. The Morgan fingerprint density at radius 1 is 1.18 bits per heavy atom. The molecule has 0 atom stereocenters. The zero-order chi connectivity index (χ0) is 12.3. The van der Waals surface area contributed by atoms with Crippen LogP contribution in [-0.4, -0.2) is 10.5 Å². The van der Waals surface area contributed by atoms with E-state index < -0.39 is 0 Å². The Bertz CT molecular complexity index is 468. The monoisotopic (exact) mass is 246 g/mol. The van der Waals surface area contributed by atoms with E-state index in [4.69, 9.17) is 0 Å². The normalized spacial score (nSPS) is 11.7. The Morgan fingerprint density at radius 3 is 2.53 bits per heavy atom. The van der Waals surface area contributed by atoms with E-state index in [1.54, 1.807) is 11.3 Å². The molecule has 1 heterocycles. The quantitative estimate of drug-likeness (QED) is 0.893. The van der Waals surface area contributed by atoms with Crippen molar-refractivity contribution in [2.24, 2.45) is 0 Å². The Hall–Kier alpha value is -1.19. The summed E-state index contributed by atoms with van der Waals surface area (Å²) in [4.78, 5) is 5.68. The van der Waals surface area contributed by atoms with Gasteiger partial charge in [-0.15, -0.1) is 11.3 Å². The topological polar surface area (TPSA) is 24.9 Å². The fourth-order valence-electron chi connectivity index (χ4n) is 1.47. The zero-order valence-corrected chi connectivity index (χ0v) is 11.3. The summed E-state index contributed by atoms with van der Waals surface area (Å²) < 4.78 is 0. The average molecular weight is 246 g/mol. The van der Waals surface area contributed by atoms with Crippen molar-refractivity contribution >= 4 is 11.3 Å². The first-order chi connectivity index (χ1) is 8.04. The SMILES string of the molecule is CC(C)(C)NCc1ncc(-c2ccccc2)s1. The smallest absolute Gasteiger partial charge is 0.107 e. The molecule has 0 radical (unpaired) electrons. The predicted octanol–water partition coefficient (Wildman–Crippen LogP) is 3.70. The van der Waals surface area contributed by atoms with Crippen molar-refractivity contribution in [2.75, 3.05) is 0 Å². The Labute approximate surface area is 107 Å². The highest BCUT2D eigenvalue weighted by Gasteiger charge is 2.10. The molecule has 0 bridgehead atoms. The van der Waals surface area contributed by atoms with E-state index >= 15 is 0 Å². The van der Waals surface area contributed by atoms with Crippen molar-refractivity contribution in [2.45, 2.75) is 32.9 Å². The van der Waals surface area contributed by atoms with Gasteiger partial charge in [-0.1, -0.05) is 30.3 Å². The molecular weight excluding hydrogens is 228 g/mol. The van der Waals surface area contributed by atoms with Crippen LogP contribution in [0.15, 0.2) is 36.5 Å². The molecule has 0 aliphatic heterocycles. The van der Waals surface area contributed by atoms with E-state index in [0.29, 0.717) is 0 Å². The van der Waals surface area contributed by atoms with Gasteiger partial charge in [-0.2, -0.15) is 0 Å². The molecule has 3 heteroatoms. The Kier molecular flexibility index (Phi) is 3.60. The highest BCUT2D eigenvalue weighted by Crippen LogP contribution is 2.25. The van der Waals surface area contributed by atoms with Crippen LogP contribution in [0.4, 0.5) is 0 Å². The van der Waals surface area contributed by atoms with Crippen LogP contribution in [0.3, 0.4) is 0 Å². The third-order valence-corrected chi connectivity index (χ3v) is 3.43. The van der Waals surface area contributed by atoms with Gasteiger partial charge in [0.2, 0.25) is 0 Å². The second kappa shape index (κ2) is 4.98. The van der Waals surface area contributed by atoms with Gasteiger partial charge in [-0.3, -0.25) is 0 Å². The van der Waals surface area contributed by atoms with Crippen molar-refractivity contribution in [3.05, 3.63) is 41.5 Å².